The van der Waals surface area contributed by atoms with E-state index in [1.165, 1.54) is 12.1 Å². The third-order valence-corrected chi connectivity index (χ3v) is 5.54. The fraction of sp³-hybridized carbons (Fsp3) is 0.261. The van der Waals surface area contributed by atoms with Gasteiger partial charge in [-0.05, 0) is 66.9 Å². The quantitative estimate of drug-likeness (QED) is 0.656. The van der Waals surface area contributed by atoms with Crippen LogP contribution in [0.15, 0.2) is 60.7 Å². The van der Waals surface area contributed by atoms with Crippen LogP contribution in [-0.2, 0) is 11.3 Å². The van der Waals surface area contributed by atoms with Crippen LogP contribution in [0.4, 0.5) is 10.2 Å². The molecule has 0 spiro atoms. The Kier molecular flexibility index (Phi) is 6.23. The summed E-state index contributed by atoms with van der Waals surface area (Å²) < 4.78 is 13.1. The third kappa shape index (κ3) is 4.94. The summed E-state index contributed by atoms with van der Waals surface area (Å²) >= 11 is 5.90. The van der Waals surface area contributed by atoms with Gasteiger partial charge in [-0.2, -0.15) is 0 Å². The minimum absolute atomic E-state index is 0.0468. The van der Waals surface area contributed by atoms with Gasteiger partial charge in [0.2, 0.25) is 5.91 Å². The summed E-state index contributed by atoms with van der Waals surface area (Å²) in [7, 11) is 0. The Bertz CT molecular complexity index is 993. The van der Waals surface area contributed by atoms with Crippen molar-refractivity contribution in [1.29, 1.82) is 0 Å². The van der Waals surface area contributed by atoms with E-state index in [0.29, 0.717) is 23.8 Å². The number of nitrogens with zero attached hydrogens (tertiary/aromatic N) is 3. The van der Waals surface area contributed by atoms with Crippen molar-refractivity contribution < 1.29 is 9.18 Å². The van der Waals surface area contributed by atoms with Crippen molar-refractivity contribution in [3.05, 3.63) is 77.1 Å². The van der Waals surface area contributed by atoms with E-state index in [9.17, 15) is 9.18 Å². The van der Waals surface area contributed by atoms with Crippen molar-refractivity contribution in [2.75, 3.05) is 18.0 Å². The van der Waals surface area contributed by atoms with Gasteiger partial charge in [-0.1, -0.05) is 23.7 Å². The molecule has 7 heteroatoms. The fourth-order valence-corrected chi connectivity index (χ4v) is 3.73. The average Bonchev–Trinajstić information content (AvgIpc) is 2.79. The lowest BCUT2D eigenvalue weighted by atomic mass is 9.97. The number of nitrogens with one attached hydrogen (secondary N) is 1. The van der Waals surface area contributed by atoms with Crippen LogP contribution in [0.25, 0.3) is 11.3 Å². The van der Waals surface area contributed by atoms with Crippen LogP contribution in [-0.4, -0.2) is 29.2 Å². The highest BCUT2D eigenvalue weighted by Crippen LogP contribution is 2.24. The molecular formula is C23H22ClFN4O. The Hall–Kier alpha value is -2.99. The Morgan fingerprint density at radius 3 is 2.53 bits per heavy atom. The van der Waals surface area contributed by atoms with Gasteiger partial charge in [0, 0.05) is 30.2 Å². The van der Waals surface area contributed by atoms with Gasteiger partial charge in [0.05, 0.1) is 11.6 Å². The first-order valence-corrected chi connectivity index (χ1v) is 10.3. The Morgan fingerprint density at radius 1 is 1.07 bits per heavy atom. The summed E-state index contributed by atoms with van der Waals surface area (Å²) in [6.45, 7) is 1.93. The van der Waals surface area contributed by atoms with E-state index in [1.54, 1.807) is 12.1 Å². The Balaban J connectivity index is 1.36. The van der Waals surface area contributed by atoms with Crippen molar-refractivity contribution >= 4 is 23.3 Å². The molecule has 2 heterocycles. The molecule has 0 radical (unpaired) electrons. The predicted molar refractivity (Wildman–Crippen MR) is 116 cm³/mol. The maximum atomic E-state index is 13.1. The molecule has 1 aliphatic heterocycles. The van der Waals surface area contributed by atoms with Crippen LogP contribution < -0.4 is 10.2 Å². The van der Waals surface area contributed by atoms with Crippen molar-refractivity contribution in [2.45, 2.75) is 19.4 Å². The SMILES string of the molecule is O=C(NCc1ccc(Cl)cc1)C1CCCN(c2ccc(-c3ccc(F)cc3)nn2)C1. The van der Waals surface area contributed by atoms with Crippen LogP contribution in [0.3, 0.4) is 0 Å². The molecule has 1 saturated heterocycles. The lowest BCUT2D eigenvalue weighted by Crippen LogP contribution is -2.43. The first-order valence-electron chi connectivity index (χ1n) is 9.95. The number of carbonyl (C=O) groups excluding carboxylic acids is 1. The molecule has 1 aliphatic rings. The van der Waals surface area contributed by atoms with Crippen LogP contribution in [0.2, 0.25) is 5.02 Å². The number of benzene rings is 2. The maximum Gasteiger partial charge on any atom is 0.225 e. The molecule has 154 valence electrons. The van der Waals surface area contributed by atoms with E-state index >= 15 is 0 Å². The number of carbonyl (C=O) groups is 1. The summed E-state index contributed by atoms with van der Waals surface area (Å²) in [5.41, 5.74) is 2.52. The molecule has 30 heavy (non-hydrogen) atoms. The zero-order valence-corrected chi connectivity index (χ0v) is 17.1. The van der Waals surface area contributed by atoms with Crippen LogP contribution in [0.5, 0.6) is 0 Å². The summed E-state index contributed by atoms with van der Waals surface area (Å²) in [6.07, 6.45) is 1.77. The largest absolute Gasteiger partial charge is 0.354 e. The first kappa shape index (κ1) is 20.3. The lowest BCUT2D eigenvalue weighted by Gasteiger charge is -2.32. The molecule has 2 aromatic carbocycles. The molecule has 1 fully saturated rings. The molecule has 4 rings (SSSR count). The molecule has 1 aromatic heterocycles. The molecule has 5 nitrogen and oxygen atoms in total. The van der Waals surface area contributed by atoms with Gasteiger partial charge >= 0.3 is 0 Å². The summed E-state index contributed by atoms with van der Waals surface area (Å²) in [5, 5.41) is 12.3. The molecule has 0 aliphatic carbocycles. The number of rotatable bonds is 5. The van der Waals surface area contributed by atoms with Crippen LogP contribution in [0.1, 0.15) is 18.4 Å². The van der Waals surface area contributed by atoms with Gasteiger partial charge in [0.15, 0.2) is 5.82 Å². The van der Waals surface area contributed by atoms with Crippen molar-refractivity contribution in [3.63, 3.8) is 0 Å². The van der Waals surface area contributed by atoms with Crippen molar-refractivity contribution in [3.8, 4) is 11.3 Å². The number of anilines is 1. The van der Waals surface area contributed by atoms with Crippen LogP contribution in [0, 0.1) is 11.7 Å². The lowest BCUT2D eigenvalue weighted by molar-refractivity contribution is -0.125. The first-order chi connectivity index (χ1) is 14.6. The number of piperidine rings is 1. The van der Waals surface area contributed by atoms with Gasteiger partial charge < -0.3 is 10.2 Å². The molecule has 1 amide bonds. The third-order valence-electron chi connectivity index (χ3n) is 5.29. The maximum absolute atomic E-state index is 13.1. The zero-order chi connectivity index (χ0) is 20.9. The van der Waals surface area contributed by atoms with Gasteiger partial charge in [0.25, 0.3) is 0 Å². The van der Waals surface area contributed by atoms with Crippen LogP contribution >= 0.6 is 11.6 Å². The second-order valence-electron chi connectivity index (χ2n) is 7.41. The number of hydrogen-bond donors (Lipinski definition) is 1. The van der Waals surface area contributed by atoms with E-state index in [2.05, 4.69) is 20.4 Å². The number of hydrogen-bond acceptors (Lipinski definition) is 4. The standard InChI is InChI=1S/C23H22ClFN4O/c24-19-7-3-16(4-8-19)14-26-23(30)18-2-1-13-29(15-18)22-12-11-21(27-28-22)17-5-9-20(25)10-6-17/h3-12,18H,1-2,13-15H2,(H,26,30). The van der Waals surface area contributed by atoms with E-state index in [4.69, 9.17) is 11.6 Å². The number of aromatic nitrogens is 2. The molecule has 1 N–H and O–H groups in total. The van der Waals surface area contributed by atoms with E-state index < -0.39 is 0 Å². The monoisotopic (exact) mass is 424 g/mol. The molecular weight excluding hydrogens is 403 g/mol. The predicted octanol–water partition coefficient (Wildman–Crippen LogP) is 4.47. The average molecular weight is 425 g/mol. The molecule has 0 saturated carbocycles. The van der Waals surface area contributed by atoms with Gasteiger partial charge in [-0.25, -0.2) is 4.39 Å². The summed E-state index contributed by atoms with van der Waals surface area (Å²) in [4.78, 5) is 14.7. The van der Waals surface area contributed by atoms with Gasteiger partial charge in [0.1, 0.15) is 5.82 Å². The zero-order valence-electron chi connectivity index (χ0n) is 16.4. The second-order valence-corrected chi connectivity index (χ2v) is 7.85. The van der Waals surface area contributed by atoms with Gasteiger partial charge in [-0.15, -0.1) is 10.2 Å². The minimum Gasteiger partial charge on any atom is -0.354 e. The molecule has 0 bridgehead atoms. The molecule has 1 unspecified atom stereocenters. The summed E-state index contributed by atoms with van der Waals surface area (Å²) in [5.74, 6) is 0.420. The number of halogens is 2. The summed E-state index contributed by atoms with van der Waals surface area (Å²) in [6, 6.07) is 17.4. The normalized spacial score (nSPS) is 16.3. The topological polar surface area (TPSA) is 58.1 Å². The van der Waals surface area contributed by atoms with Crippen molar-refractivity contribution in [1.82, 2.24) is 15.5 Å². The number of amides is 1. The second kappa shape index (κ2) is 9.22. The molecule has 3 aromatic rings. The van der Waals surface area contributed by atoms with E-state index in [0.717, 1.165) is 36.3 Å². The molecule has 1 atom stereocenters. The smallest absolute Gasteiger partial charge is 0.225 e. The Labute approximate surface area is 179 Å². The highest BCUT2D eigenvalue weighted by molar-refractivity contribution is 6.30. The minimum atomic E-state index is -0.281. The highest BCUT2D eigenvalue weighted by atomic mass is 35.5. The van der Waals surface area contributed by atoms with Gasteiger partial charge in [-0.3, -0.25) is 4.79 Å². The van der Waals surface area contributed by atoms with Crippen molar-refractivity contribution in [2.24, 2.45) is 5.92 Å². The Morgan fingerprint density at radius 2 is 1.83 bits per heavy atom. The fourth-order valence-electron chi connectivity index (χ4n) is 3.60. The highest BCUT2D eigenvalue weighted by Gasteiger charge is 2.26. The van der Waals surface area contributed by atoms with E-state index in [1.807, 2.05) is 36.4 Å². The van der Waals surface area contributed by atoms with E-state index in [-0.39, 0.29) is 17.6 Å².